The maximum Gasteiger partial charge on any atom is 0.0801 e. The Balaban J connectivity index is 2.59. The van der Waals surface area contributed by atoms with Crippen LogP contribution in [0.25, 0.3) is 0 Å². The van der Waals surface area contributed by atoms with E-state index in [0.29, 0.717) is 0 Å². The van der Waals surface area contributed by atoms with Gasteiger partial charge in [-0.3, -0.25) is 0 Å². The molecule has 2 rings (SSSR count). The van der Waals surface area contributed by atoms with Gasteiger partial charge in [0.05, 0.1) is 6.10 Å². The minimum atomic E-state index is -0.289. The maximum absolute atomic E-state index is 9.82. The lowest BCUT2D eigenvalue weighted by Gasteiger charge is -2.18. The number of hydrogen-bond donors (Lipinski definition) is 1. The Morgan fingerprint density at radius 2 is 2.15 bits per heavy atom. The first-order valence-corrected chi connectivity index (χ1v) is 5.28. The highest BCUT2D eigenvalue weighted by molar-refractivity contribution is 9.10. The SMILES string of the molecule is CC1(C)C[C@H](O)c2cc(Br)ccc21. The van der Waals surface area contributed by atoms with E-state index in [1.54, 1.807) is 0 Å². The third-order valence-electron chi connectivity index (χ3n) is 2.81. The molecule has 0 radical (unpaired) electrons. The van der Waals surface area contributed by atoms with Gasteiger partial charge in [0.15, 0.2) is 0 Å². The third-order valence-corrected chi connectivity index (χ3v) is 3.30. The molecule has 70 valence electrons. The molecule has 2 heteroatoms. The van der Waals surface area contributed by atoms with Crippen molar-refractivity contribution in [2.75, 3.05) is 0 Å². The second-order valence-electron chi connectivity index (χ2n) is 4.34. The number of fused-ring (bicyclic) bond motifs is 1. The number of benzene rings is 1. The molecule has 0 aliphatic heterocycles. The molecule has 0 bridgehead atoms. The van der Waals surface area contributed by atoms with Gasteiger partial charge in [-0.05, 0) is 35.1 Å². The van der Waals surface area contributed by atoms with E-state index in [9.17, 15) is 5.11 Å². The lowest BCUT2D eigenvalue weighted by atomic mass is 9.87. The monoisotopic (exact) mass is 240 g/mol. The maximum atomic E-state index is 9.82. The van der Waals surface area contributed by atoms with E-state index in [1.807, 2.05) is 12.1 Å². The molecular weight excluding hydrogens is 228 g/mol. The summed E-state index contributed by atoms with van der Waals surface area (Å²) in [7, 11) is 0. The van der Waals surface area contributed by atoms with Crippen molar-refractivity contribution in [1.82, 2.24) is 0 Å². The summed E-state index contributed by atoms with van der Waals surface area (Å²) in [4.78, 5) is 0. The van der Waals surface area contributed by atoms with Crippen molar-refractivity contribution < 1.29 is 5.11 Å². The van der Waals surface area contributed by atoms with Crippen molar-refractivity contribution in [2.24, 2.45) is 0 Å². The molecule has 0 unspecified atom stereocenters. The van der Waals surface area contributed by atoms with Gasteiger partial charge in [0, 0.05) is 4.47 Å². The third kappa shape index (κ3) is 1.42. The zero-order valence-electron chi connectivity index (χ0n) is 7.84. The predicted molar refractivity (Wildman–Crippen MR) is 56.7 cm³/mol. The molecule has 1 aromatic rings. The van der Waals surface area contributed by atoms with Gasteiger partial charge in [0.1, 0.15) is 0 Å². The first kappa shape index (κ1) is 9.22. The Kier molecular flexibility index (Phi) is 2.00. The molecule has 13 heavy (non-hydrogen) atoms. The molecule has 0 spiro atoms. The van der Waals surface area contributed by atoms with Crippen LogP contribution in [-0.4, -0.2) is 5.11 Å². The molecule has 1 atom stereocenters. The topological polar surface area (TPSA) is 20.2 Å². The van der Waals surface area contributed by atoms with Gasteiger partial charge in [-0.2, -0.15) is 0 Å². The molecule has 1 nitrogen and oxygen atoms in total. The predicted octanol–water partition coefficient (Wildman–Crippen LogP) is 3.16. The van der Waals surface area contributed by atoms with Gasteiger partial charge in [-0.15, -0.1) is 0 Å². The highest BCUT2D eigenvalue weighted by Crippen LogP contribution is 2.45. The zero-order chi connectivity index (χ0) is 9.64. The molecule has 0 saturated heterocycles. The summed E-state index contributed by atoms with van der Waals surface area (Å²) in [6, 6.07) is 6.17. The summed E-state index contributed by atoms with van der Waals surface area (Å²) in [6.07, 6.45) is 0.543. The summed E-state index contributed by atoms with van der Waals surface area (Å²) >= 11 is 3.42. The van der Waals surface area contributed by atoms with Gasteiger partial charge in [-0.1, -0.05) is 35.8 Å². The van der Waals surface area contributed by atoms with E-state index in [4.69, 9.17) is 0 Å². The number of hydrogen-bond acceptors (Lipinski definition) is 1. The molecule has 1 aromatic carbocycles. The highest BCUT2D eigenvalue weighted by atomic mass is 79.9. The minimum absolute atomic E-state index is 0.120. The number of aliphatic hydroxyl groups excluding tert-OH is 1. The van der Waals surface area contributed by atoms with Crippen LogP contribution >= 0.6 is 15.9 Å². The van der Waals surface area contributed by atoms with Crippen molar-refractivity contribution in [3.8, 4) is 0 Å². The molecule has 1 aliphatic rings. The molecule has 0 aromatic heterocycles. The second kappa shape index (κ2) is 2.82. The molecule has 0 amide bonds. The lowest BCUT2D eigenvalue weighted by Crippen LogP contribution is -2.12. The van der Waals surface area contributed by atoms with Gasteiger partial charge in [-0.25, -0.2) is 0 Å². The normalized spacial score (nSPS) is 24.5. The van der Waals surface area contributed by atoms with Crippen LogP contribution in [0.15, 0.2) is 22.7 Å². The van der Waals surface area contributed by atoms with E-state index in [1.165, 1.54) is 5.56 Å². The van der Waals surface area contributed by atoms with Crippen LogP contribution in [0.2, 0.25) is 0 Å². The van der Waals surface area contributed by atoms with Crippen LogP contribution in [0.4, 0.5) is 0 Å². The fourth-order valence-electron chi connectivity index (χ4n) is 2.13. The number of halogens is 1. The minimum Gasteiger partial charge on any atom is -0.388 e. The van der Waals surface area contributed by atoms with E-state index >= 15 is 0 Å². The Morgan fingerprint density at radius 1 is 1.46 bits per heavy atom. The van der Waals surface area contributed by atoms with E-state index in [2.05, 4.69) is 35.8 Å². The molecular formula is C11H13BrO. The summed E-state index contributed by atoms with van der Waals surface area (Å²) in [5.74, 6) is 0. The standard InChI is InChI=1S/C11H13BrO/c1-11(2)6-10(13)8-5-7(12)3-4-9(8)11/h3-5,10,13H,6H2,1-2H3/t10-/m0/s1. The van der Waals surface area contributed by atoms with E-state index in [-0.39, 0.29) is 11.5 Å². The van der Waals surface area contributed by atoms with Gasteiger partial charge < -0.3 is 5.11 Å². The molecule has 1 aliphatic carbocycles. The van der Waals surface area contributed by atoms with Crippen LogP contribution in [0.1, 0.15) is 37.5 Å². The summed E-state index contributed by atoms with van der Waals surface area (Å²) in [5.41, 5.74) is 2.48. The van der Waals surface area contributed by atoms with Crippen molar-refractivity contribution in [3.63, 3.8) is 0 Å². The van der Waals surface area contributed by atoms with Crippen molar-refractivity contribution in [3.05, 3.63) is 33.8 Å². The first-order valence-electron chi connectivity index (χ1n) is 4.49. The van der Waals surface area contributed by atoms with E-state index < -0.39 is 0 Å². The average molecular weight is 241 g/mol. The fraction of sp³-hybridized carbons (Fsp3) is 0.455. The molecule has 1 N–H and O–H groups in total. The van der Waals surface area contributed by atoms with Crippen LogP contribution in [-0.2, 0) is 5.41 Å². The van der Waals surface area contributed by atoms with E-state index in [0.717, 1.165) is 16.5 Å². The number of rotatable bonds is 0. The smallest absolute Gasteiger partial charge is 0.0801 e. The lowest BCUT2D eigenvalue weighted by molar-refractivity contribution is 0.161. The highest BCUT2D eigenvalue weighted by Gasteiger charge is 2.35. The van der Waals surface area contributed by atoms with Crippen LogP contribution in [0.5, 0.6) is 0 Å². The van der Waals surface area contributed by atoms with Crippen molar-refractivity contribution in [2.45, 2.75) is 31.8 Å². The Labute approximate surface area is 86.9 Å². The second-order valence-corrected chi connectivity index (χ2v) is 5.25. The molecule has 0 fully saturated rings. The molecule has 0 heterocycles. The summed E-state index contributed by atoms with van der Waals surface area (Å²) in [5, 5.41) is 9.82. The Hall–Kier alpha value is -0.340. The Bertz CT molecular complexity index is 344. The van der Waals surface area contributed by atoms with Gasteiger partial charge in [0.2, 0.25) is 0 Å². The van der Waals surface area contributed by atoms with Gasteiger partial charge >= 0.3 is 0 Å². The quantitative estimate of drug-likeness (QED) is 0.739. The first-order chi connectivity index (χ1) is 6.00. The largest absolute Gasteiger partial charge is 0.388 e. The summed E-state index contributed by atoms with van der Waals surface area (Å²) < 4.78 is 1.04. The van der Waals surface area contributed by atoms with Crippen molar-refractivity contribution in [1.29, 1.82) is 0 Å². The van der Waals surface area contributed by atoms with Crippen molar-refractivity contribution >= 4 is 15.9 Å². The number of aliphatic hydroxyl groups is 1. The molecule has 0 saturated carbocycles. The van der Waals surface area contributed by atoms with Gasteiger partial charge in [0.25, 0.3) is 0 Å². The van der Waals surface area contributed by atoms with Crippen LogP contribution in [0.3, 0.4) is 0 Å². The average Bonchev–Trinajstić information content (AvgIpc) is 2.22. The fourth-order valence-corrected chi connectivity index (χ4v) is 2.51. The Morgan fingerprint density at radius 3 is 2.85 bits per heavy atom. The van der Waals surface area contributed by atoms with Crippen LogP contribution < -0.4 is 0 Å². The van der Waals surface area contributed by atoms with Crippen LogP contribution in [0, 0.1) is 0 Å². The zero-order valence-corrected chi connectivity index (χ0v) is 9.43. The summed E-state index contributed by atoms with van der Waals surface area (Å²) in [6.45, 7) is 4.35.